The zero-order valence-corrected chi connectivity index (χ0v) is 11.9. The van der Waals surface area contributed by atoms with Crippen LogP contribution >= 0.6 is 0 Å². The lowest BCUT2D eigenvalue weighted by molar-refractivity contribution is -0.384. The maximum Gasteiger partial charge on any atom is 0.365 e. The molecule has 0 spiro atoms. The molecule has 0 aliphatic heterocycles. The quantitative estimate of drug-likeness (QED) is 0.370. The van der Waals surface area contributed by atoms with Crippen LogP contribution in [-0.4, -0.2) is 22.4 Å². The summed E-state index contributed by atoms with van der Waals surface area (Å²) in [6.45, 7) is 3.37. The number of oxime groups is 1. The molecule has 1 aromatic carbocycles. The fourth-order valence-electron chi connectivity index (χ4n) is 1.74. The normalized spacial score (nSPS) is 16.1. The van der Waals surface area contributed by atoms with E-state index in [1.54, 1.807) is 13.8 Å². The third-order valence-electron chi connectivity index (χ3n) is 3.25. The molecule has 0 radical (unpaired) electrons. The largest absolute Gasteiger partial charge is 0.365 e. The number of benzene rings is 1. The molecule has 0 atom stereocenters. The lowest BCUT2D eigenvalue weighted by Gasteiger charge is -2.09. The molecular weight excluding hydrogens is 288 g/mol. The summed E-state index contributed by atoms with van der Waals surface area (Å²) in [5, 5.41) is 14.3. The Morgan fingerprint density at radius 1 is 1.14 bits per heavy atom. The van der Waals surface area contributed by atoms with E-state index in [-0.39, 0.29) is 17.0 Å². The van der Waals surface area contributed by atoms with Crippen LogP contribution in [0.25, 0.3) is 0 Å². The summed E-state index contributed by atoms with van der Waals surface area (Å²) in [5.74, 6) is -0.851. The summed E-state index contributed by atoms with van der Waals surface area (Å²) >= 11 is 0. The van der Waals surface area contributed by atoms with E-state index < -0.39 is 10.9 Å². The van der Waals surface area contributed by atoms with E-state index in [2.05, 4.69) is 5.16 Å². The first-order valence-corrected chi connectivity index (χ1v) is 6.34. The van der Waals surface area contributed by atoms with E-state index in [4.69, 9.17) is 4.84 Å². The Bertz CT molecular complexity index is 742. The molecule has 0 amide bonds. The van der Waals surface area contributed by atoms with E-state index in [1.807, 2.05) is 0 Å². The number of allylic oxidation sites excluding steroid dienone is 4. The van der Waals surface area contributed by atoms with Gasteiger partial charge in [-0.05, 0) is 43.7 Å². The molecule has 0 bridgehead atoms. The number of nitro groups is 1. The van der Waals surface area contributed by atoms with Crippen molar-refractivity contribution in [1.29, 1.82) is 0 Å². The van der Waals surface area contributed by atoms with E-state index >= 15 is 0 Å². The number of ketones is 1. The highest BCUT2D eigenvalue weighted by Crippen LogP contribution is 2.16. The summed E-state index contributed by atoms with van der Waals surface area (Å²) in [4.78, 5) is 38.0. The zero-order chi connectivity index (χ0) is 16.3. The van der Waals surface area contributed by atoms with Crippen molar-refractivity contribution >= 4 is 23.2 Å². The monoisotopic (exact) mass is 300 g/mol. The summed E-state index contributed by atoms with van der Waals surface area (Å²) in [6.07, 6.45) is 2.81. The summed E-state index contributed by atoms with van der Waals surface area (Å²) in [6, 6.07) is 4.99. The van der Waals surface area contributed by atoms with E-state index in [0.717, 1.165) is 0 Å². The zero-order valence-electron chi connectivity index (χ0n) is 11.9. The Kier molecular flexibility index (Phi) is 4.26. The third kappa shape index (κ3) is 3.14. The Balaban J connectivity index is 2.13. The van der Waals surface area contributed by atoms with E-state index in [9.17, 15) is 19.7 Å². The van der Waals surface area contributed by atoms with Gasteiger partial charge in [0.05, 0.1) is 10.5 Å². The minimum atomic E-state index is -0.738. The molecule has 7 heteroatoms. The SMILES string of the molecule is CC1=C(C)C(=NOC(=O)c2ccc([N+](=O)[O-])cc2)C=CC1=O. The highest BCUT2D eigenvalue weighted by atomic mass is 16.7. The van der Waals surface area contributed by atoms with Crippen LogP contribution in [0.1, 0.15) is 24.2 Å². The fourth-order valence-corrected chi connectivity index (χ4v) is 1.74. The molecule has 0 aromatic heterocycles. The topological polar surface area (TPSA) is 98.9 Å². The number of hydrogen-bond donors (Lipinski definition) is 0. The molecule has 0 saturated heterocycles. The van der Waals surface area contributed by atoms with E-state index in [1.165, 1.54) is 36.4 Å². The maximum absolute atomic E-state index is 11.8. The molecule has 2 rings (SSSR count). The van der Waals surface area contributed by atoms with Crippen LogP contribution in [0.5, 0.6) is 0 Å². The minimum absolute atomic E-state index is 0.113. The van der Waals surface area contributed by atoms with Gasteiger partial charge in [-0.15, -0.1) is 0 Å². The van der Waals surface area contributed by atoms with Crippen molar-refractivity contribution in [2.45, 2.75) is 13.8 Å². The lowest BCUT2D eigenvalue weighted by Crippen LogP contribution is -2.12. The van der Waals surface area contributed by atoms with Crippen LogP contribution in [0.4, 0.5) is 5.69 Å². The van der Waals surface area contributed by atoms with Crippen LogP contribution in [0.3, 0.4) is 0 Å². The average molecular weight is 300 g/mol. The average Bonchev–Trinajstić information content (AvgIpc) is 2.51. The molecule has 7 nitrogen and oxygen atoms in total. The molecule has 0 unspecified atom stereocenters. The van der Waals surface area contributed by atoms with Crippen molar-refractivity contribution < 1.29 is 19.3 Å². The van der Waals surface area contributed by atoms with Gasteiger partial charge in [-0.2, -0.15) is 0 Å². The summed E-state index contributed by atoms with van der Waals surface area (Å²) in [7, 11) is 0. The van der Waals surface area contributed by atoms with Gasteiger partial charge >= 0.3 is 5.97 Å². The molecule has 22 heavy (non-hydrogen) atoms. The number of carbonyl (C=O) groups excluding carboxylic acids is 2. The standard InChI is InChI=1S/C15H12N2O5/c1-9-10(2)14(18)8-7-13(9)16-22-15(19)11-3-5-12(6-4-11)17(20)21/h3-8H,1-2H3. The Morgan fingerprint density at radius 2 is 1.77 bits per heavy atom. The highest BCUT2D eigenvalue weighted by molar-refractivity contribution is 6.21. The minimum Gasteiger partial charge on any atom is -0.312 e. The van der Waals surface area contributed by atoms with Crippen LogP contribution in [0.2, 0.25) is 0 Å². The van der Waals surface area contributed by atoms with Crippen molar-refractivity contribution in [3.05, 3.63) is 63.2 Å². The molecule has 0 heterocycles. The van der Waals surface area contributed by atoms with Gasteiger partial charge in [0.25, 0.3) is 5.69 Å². The molecular formula is C15H12N2O5. The number of rotatable bonds is 3. The lowest BCUT2D eigenvalue weighted by atomic mass is 9.97. The Morgan fingerprint density at radius 3 is 2.36 bits per heavy atom. The summed E-state index contributed by atoms with van der Waals surface area (Å²) < 4.78 is 0. The van der Waals surface area contributed by atoms with Crippen molar-refractivity contribution in [3.8, 4) is 0 Å². The molecule has 0 saturated carbocycles. The van der Waals surface area contributed by atoms with Crippen molar-refractivity contribution in [2.24, 2.45) is 5.16 Å². The molecule has 1 aliphatic rings. The number of nitro benzene ring substituents is 1. The second-order valence-corrected chi connectivity index (χ2v) is 4.61. The van der Waals surface area contributed by atoms with Crippen LogP contribution in [0.15, 0.2) is 52.7 Å². The second kappa shape index (κ2) is 6.13. The first kappa shape index (κ1) is 15.3. The second-order valence-electron chi connectivity index (χ2n) is 4.61. The smallest absolute Gasteiger partial charge is 0.312 e. The van der Waals surface area contributed by atoms with Crippen molar-refractivity contribution in [3.63, 3.8) is 0 Å². The molecule has 112 valence electrons. The number of non-ortho nitro benzene ring substituents is 1. The molecule has 0 fully saturated rings. The molecule has 0 N–H and O–H groups in total. The van der Waals surface area contributed by atoms with Crippen LogP contribution in [0, 0.1) is 10.1 Å². The highest BCUT2D eigenvalue weighted by Gasteiger charge is 2.16. The molecule has 1 aliphatic carbocycles. The maximum atomic E-state index is 11.8. The Hall–Kier alpha value is -3.09. The van der Waals surface area contributed by atoms with Gasteiger partial charge in [0, 0.05) is 17.7 Å². The van der Waals surface area contributed by atoms with Gasteiger partial charge < -0.3 is 4.84 Å². The van der Waals surface area contributed by atoms with Crippen molar-refractivity contribution in [1.82, 2.24) is 0 Å². The predicted molar refractivity (Wildman–Crippen MR) is 78.5 cm³/mol. The first-order valence-electron chi connectivity index (χ1n) is 6.34. The number of carbonyl (C=O) groups is 2. The van der Waals surface area contributed by atoms with Gasteiger partial charge in [-0.25, -0.2) is 4.79 Å². The van der Waals surface area contributed by atoms with E-state index in [0.29, 0.717) is 16.9 Å². The first-order chi connectivity index (χ1) is 10.4. The third-order valence-corrected chi connectivity index (χ3v) is 3.25. The number of nitrogens with zero attached hydrogens (tertiary/aromatic N) is 2. The van der Waals surface area contributed by atoms with Crippen molar-refractivity contribution in [2.75, 3.05) is 0 Å². The number of hydrogen-bond acceptors (Lipinski definition) is 6. The summed E-state index contributed by atoms with van der Waals surface area (Å²) in [5.41, 5.74) is 1.57. The van der Waals surface area contributed by atoms with Crippen LogP contribution < -0.4 is 0 Å². The van der Waals surface area contributed by atoms with Gasteiger partial charge in [0.1, 0.15) is 5.71 Å². The Labute approximate surface area is 125 Å². The van der Waals surface area contributed by atoms with Gasteiger partial charge in [-0.1, -0.05) is 5.16 Å². The predicted octanol–water partition coefficient (Wildman–Crippen LogP) is 2.58. The van der Waals surface area contributed by atoms with Gasteiger partial charge in [0.15, 0.2) is 5.78 Å². The fraction of sp³-hybridized carbons (Fsp3) is 0.133. The van der Waals surface area contributed by atoms with Gasteiger partial charge in [0.2, 0.25) is 0 Å². The van der Waals surface area contributed by atoms with Crippen LogP contribution in [-0.2, 0) is 9.63 Å². The molecule has 1 aromatic rings. The van der Waals surface area contributed by atoms with Gasteiger partial charge in [-0.3, -0.25) is 14.9 Å².